The SMILES string of the molecule is CCCCCC1CCC(C2CCC(CCc3c(F)ccc(Oc4ccc(OC(F)(F)F)cc4)c3F)CC2)CC1. The Morgan fingerprint density at radius 2 is 1.28 bits per heavy atom. The molecule has 0 saturated heterocycles. The number of ether oxygens (including phenoxy) is 2. The minimum absolute atomic E-state index is 0.00745. The Balaban J connectivity index is 1.24. The van der Waals surface area contributed by atoms with Crippen molar-refractivity contribution in [2.45, 2.75) is 103 Å². The number of hydrogen-bond acceptors (Lipinski definition) is 2. The van der Waals surface area contributed by atoms with Crippen molar-refractivity contribution in [3.8, 4) is 17.2 Å². The van der Waals surface area contributed by atoms with Crippen LogP contribution < -0.4 is 9.47 Å². The summed E-state index contributed by atoms with van der Waals surface area (Å²) in [6.07, 6.45) is 11.8. The number of hydrogen-bond donors (Lipinski definition) is 0. The van der Waals surface area contributed by atoms with Crippen LogP contribution in [0.2, 0.25) is 0 Å². The zero-order chi connectivity index (χ0) is 27.8. The molecule has 2 saturated carbocycles. The van der Waals surface area contributed by atoms with Gasteiger partial charge in [0.2, 0.25) is 0 Å². The summed E-state index contributed by atoms with van der Waals surface area (Å²) in [5, 5.41) is 0. The third-order valence-electron chi connectivity index (χ3n) is 8.90. The molecule has 2 fully saturated rings. The molecule has 2 aliphatic carbocycles. The van der Waals surface area contributed by atoms with E-state index >= 15 is 4.39 Å². The molecule has 0 bridgehead atoms. The number of benzene rings is 2. The summed E-state index contributed by atoms with van der Waals surface area (Å²) in [5.74, 6) is 1.28. The highest BCUT2D eigenvalue weighted by Crippen LogP contribution is 2.43. The fourth-order valence-corrected chi connectivity index (χ4v) is 6.65. The number of alkyl halides is 3. The monoisotopic (exact) mass is 552 g/mol. The molecular formula is C32H41F5O2. The Morgan fingerprint density at radius 3 is 1.85 bits per heavy atom. The Bertz CT molecular complexity index is 1020. The first kappa shape index (κ1) is 29.7. The molecule has 0 spiro atoms. The van der Waals surface area contributed by atoms with Crippen molar-refractivity contribution in [2.24, 2.45) is 23.7 Å². The van der Waals surface area contributed by atoms with Crippen LogP contribution in [0, 0.1) is 35.3 Å². The van der Waals surface area contributed by atoms with E-state index < -0.39 is 23.7 Å². The molecule has 0 unspecified atom stereocenters. The molecule has 0 N–H and O–H groups in total. The van der Waals surface area contributed by atoms with E-state index in [-0.39, 0.29) is 17.1 Å². The Labute approximate surface area is 229 Å². The normalized spacial score (nSPS) is 23.9. The predicted molar refractivity (Wildman–Crippen MR) is 143 cm³/mol. The summed E-state index contributed by atoms with van der Waals surface area (Å²) in [6.45, 7) is 2.26. The van der Waals surface area contributed by atoms with Crippen molar-refractivity contribution in [3.05, 3.63) is 53.6 Å². The summed E-state index contributed by atoms with van der Waals surface area (Å²) in [7, 11) is 0. The summed E-state index contributed by atoms with van der Waals surface area (Å²) in [4.78, 5) is 0. The van der Waals surface area contributed by atoms with Crippen LogP contribution in [0.1, 0.15) is 96.0 Å². The highest BCUT2D eigenvalue weighted by atomic mass is 19.4. The van der Waals surface area contributed by atoms with Crippen molar-refractivity contribution in [1.82, 2.24) is 0 Å². The summed E-state index contributed by atoms with van der Waals surface area (Å²) in [5.41, 5.74) is 0.00745. The smallest absolute Gasteiger partial charge is 0.454 e. The average molecular weight is 553 g/mol. The van der Waals surface area contributed by atoms with Gasteiger partial charge in [0.05, 0.1) is 0 Å². The molecule has 2 nitrogen and oxygen atoms in total. The van der Waals surface area contributed by atoms with Crippen molar-refractivity contribution < 1.29 is 31.4 Å². The Kier molecular flexibility index (Phi) is 10.5. The van der Waals surface area contributed by atoms with E-state index in [1.807, 2.05) is 0 Å². The molecule has 0 heterocycles. The van der Waals surface area contributed by atoms with Gasteiger partial charge in [-0.2, -0.15) is 0 Å². The first-order valence-corrected chi connectivity index (χ1v) is 14.7. The van der Waals surface area contributed by atoms with Gasteiger partial charge in [-0.05, 0) is 98.6 Å². The second-order valence-corrected chi connectivity index (χ2v) is 11.6. The van der Waals surface area contributed by atoms with Gasteiger partial charge in [0.1, 0.15) is 17.3 Å². The number of halogens is 5. The molecule has 0 radical (unpaired) electrons. The van der Waals surface area contributed by atoms with E-state index in [4.69, 9.17) is 4.74 Å². The molecule has 2 aliphatic rings. The van der Waals surface area contributed by atoms with Gasteiger partial charge in [0.25, 0.3) is 0 Å². The third kappa shape index (κ3) is 8.84. The number of rotatable bonds is 11. The predicted octanol–water partition coefficient (Wildman–Crippen LogP) is 10.8. The first-order valence-electron chi connectivity index (χ1n) is 14.7. The van der Waals surface area contributed by atoms with Crippen LogP contribution in [0.3, 0.4) is 0 Å². The lowest BCUT2D eigenvalue weighted by molar-refractivity contribution is -0.274. The van der Waals surface area contributed by atoms with Crippen molar-refractivity contribution in [1.29, 1.82) is 0 Å². The third-order valence-corrected chi connectivity index (χ3v) is 8.90. The van der Waals surface area contributed by atoms with E-state index in [9.17, 15) is 17.6 Å². The maximum atomic E-state index is 15.2. The lowest BCUT2D eigenvalue weighted by atomic mass is 9.68. The van der Waals surface area contributed by atoms with E-state index in [2.05, 4.69) is 11.7 Å². The van der Waals surface area contributed by atoms with Crippen LogP contribution in [-0.4, -0.2) is 6.36 Å². The molecule has 216 valence electrons. The standard InChI is InChI=1S/C32H41F5O2/c1-2-3-4-5-22-6-11-24(12-7-22)25-13-8-23(9-14-25)10-19-28-29(33)20-21-30(31(28)34)38-26-15-17-27(18-16-26)39-32(35,36)37/h15-18,20-25H,2-14,19H2,1H3. The summed E-state index contributed by atoms with van der Waals surface area (Å²) in [6, 6.07) is 7.06. The Morgan fingerprint density at radius 1 is 0.718 bits per heavy atom. The lowest BCUT2D eigenvalue weighted by Crippen LogP contribution is -2.26. The second kappa shape index (κ2) is 13.8. The molecule has 4 rings (SSSR count). The highest BCUT2D eigenvalue weighted by Gasteiger charge is 2.32. The van der Waals surface area contributed by atoms with Gasteiger partial charge in [-0.3, -0.25) is 0 Å². The van der Waals surface area contributed by atoms with Gasteiger partial charge in [-0.1, -0.05) is 58.3 Å². The van der Waals surface area contributed by atoms with E-state index in [0.717, 1.165) is 49.1 Å². The molecule has 2 aromatic carbocycles. The van der Waals surface area contributed by atoms with E-state index in [1.54, 1.807) is 0 Å². The Hall–Kier alpha value is -2.31. The summed E-state index contributed by atoms with van der Waals surface area (Å²) >= 11 is 0. The maximum Gasteiger partial charge on any atom is 0.573 e. The van der Waals surface area contributed by atoms with Gasteiger partial charge >= 0.3 is 6.36 Å². The fourth-order valence-electron chi connectivity index (χ4n) is 6.65. The average Bonchev–Trinajstić information content (AvgIpc) is 2.91. The van der Waals surface area contributed by atoms with Crippen LogP contribution >= 0.6 is 0 Å². The first-order chi connectivity index (χ1) is 18.7. The molecule has 0 aliphatic heterocycles. The molecule has 0 atom stereocenters. The number of unbranched alkanes of at least 4 members (excludes halogenated alkanes) is 2. The van der Waals surface area contributed by atoms with Gasteiger partial charge in [0, 0.05) is 5.56 Å². The zero-order valence-electron chi connectivity index (χ0n) is 22.9. The molecular weight excluding hydrogens is 511 g/mol. The maximum absolute atomic E-state index is 15.2. The topological polar surface area (TPSA) is 18.5 Å². The minimum Gasteiger partial charge on any atom is -0.454 e. The van der Waals surface area contributed by atoms with Gasteiger partial charge < -0.3 is 9.47 Å². The molecule has 0 aromatic heterocycles. The van der Waals surface area contributed by atoms with Crippen LogP contribution in [-0.2, 0) is 6.42 Å². The largest absolute Gasteiger partial charge is 0.573 e. The minimum atomic E-state index is -4.80. The van der Waals surface area contributed by atoms with Gasteiger partial charge in [-0.25, -0.2) is 8.78 Å². The molecule has 2 aromatic rings. The van der Waals surface area contributed by atoms with Gasteiger partial charge in [-0.15, -0.1) is 13.2 Å². The fraction of sp³-hybridized carbons (Fsp3) is 0.625. The second-order valence-electron chi connectivity index (χ2n) is 11.6. The lowest BCUT2D eigenvalue weighted by Gasteiger charge is -2.38. The molecule has 7 heteroatoms. The van der Waals surface area contributed by atoms with Gasteiger partial charge in [0.15, 0.2) is 11.6 Å². The summed E-state index contributed by atoms with van der Waals surface area (Å²) < 4.78 is 76.1. The molecule has 39 heavy (non-hydrogen) atoms. The van der Waals surface area contributed by atoms with Crippen molar-refractivity contribution in [3.63, 3.8) is 0 Å². The quantitative estimate of drug-likeness (QED) is 0.204. The van der Waals surface area contributed by atoms with Crippen molar-refractivity contribution >= 4 is 0 Å². The van der Waals surface area contributed by atoms with E-state index in [0.29, 0.717) is 12.3 Å². The van der Waals surface area contributed by atoms with E-state index in [1.165, 1.54) is 88.5 Å². The van der Waals surface area contributed by atoms with Crippen molar-refractivity contribution in [2.75, 3.05) is 0 Å². The highest BCUT2D eigenvalue weighted by molar-refractivity contribution is 5.38. The van der Waals surface area contributed by atoms with Crippen LogP contribution in [0.5, 0.6) is 17.2 Å². The van der Waals surface area contributed by atoms with Crippen LogP contribution in [0.25, 0.3) is 0 Å². The molecule has 0 amide bonds. The van der Waals surface area contributed by atoms with Crippen LogP contribution in [0.15, 0.2) is 36.4 Å². The zero-order valence-corrected chi connectivity index (χ0v) is 22.9. The van der Waals surface area contributed by atoms with Crippen LogP contribution in [0.4, 0.5) is 22.0 Å².